The van der Waals surface area contributed by atoms with E-state index >= 15 is 0 Å². The van der Waals surface area contributed by atoms with Crippen LogP contribution < -0.4 is 4.90 Å². The van der Waals surface area contributed by atoms with Crippen LogP contribution in [0.4, 0.5) is 17.1 Å². The zero-order chi connectivity index (χ0) is 40.3. The molecule has 2 nitrogen and oxygen atoms in total. The molecule has 1 aliphatic rings. The molecule has 286 valence electrons. The van der Waals surface area contributed by atoms with E-state index in [1.165, 1.54) is 55.3 Å². The third-order valence-corrected chi connectivity index (χ3v) is 12.7. The molecule has 0 bridgehead atoms. The second kappa shape index (κ2) is 14.1. The first-order valence-corrected chi connectivity index (χ1v) is 21.0. The van der Waals surface area contributed by atoms with Crippen LogP contribution in [0.2, 0.25) is 0 Å². The van der Waals surface area contributed by atoms with Crippen LogP contribution in [0, 0.1) is 0 Å². The fourth-order valence-corrected chi connectivity index (χ4v) is 10.1. The summed E-state index contributed by atoms with van der Waals surface area (Å²) in [6.45, 7) is 0. The Bertz CT molecular complexity index is 3360. The molecule has 0 saturated heterocycles. The molecule has 0 unspecified atom stereocenters. The van der Waals surface area contributed by atoms with Gasteiger partial charge in [-0.25, -0.2) is 0 Å². The van der Waals surface area contributed by atoms with Crippen molar-refractivity contribution in [1.29, 1.82) is 0 Å². The zero-order valence-electron chi connectivity index (χ0n) is 33.4. The average Bonchev–Trinajstić information content (AvgIpc) is 3.86. The van der Waals surface area contributed by atoms with Gasteiger partial charge < -0.3 is 9.32 Å². The van der Waals surface area contributed by atoms with Gasteiger partial charge in [0, 0.05) is 27.6 Å². The van der Waals surface area contributed by atoms with Crippen LogP contribution in [0.1, 0.15) is 22.3 Å². The summed E-state index contributed by atoms with van der Waals surface area (Å²) in [5.41, 5.74) is 16.6. The van der Waals surface area contributed by atoms with Crippen molar-refractivity contribution in [1.82, 2.24) is 0 Å². The standard InChI is InChI=1S/C59H39NO/c1-4-18-40(19-5-1)41-34-36-46(37-35-41)60(53-31-15-13-26-47(53)48-28-16-33-55-57(48)50-38-42-20-10-11-21-43(42)39-56(50)61-55)54-32-17-30-52-58(54)49-27-12-14-29-51(49)59(52,44-22-6-2-7-23-44)45-24-8-3-9-25-45/h1-39H. The van der Waals surface area contributed by atoms with Crippen LogP contribution in [-0.4, -0.2) is 0 Å². The lowest BCUT2D eigenvalue weighted by Gasteiger charge is -2.34. The largest absolute Gasteiger partial charge is 0.456 e. The molecule has 10 aromatic carbocycles. The van der Waals surface area contributed by atoms with Crippen molar-refractivity contribution in [3.05, 3.63) is 259 Å². The Labute approximate surface area is 355 Å². The lowest BCUT2D eigenvalue weighted by Crippen LogP contribution is -2.28. The maximum absolute atomic E-state index is 6.64. The molecule has 0 aliphatic heterocycles. The van der Waals surface area contributed by atoms with Crippen molar-refractivity contribution >= 4 is 49.8 Å². The van der Waals surface area contributed by atoms with Gasteiger partial charge in [0.1, 0.15) is 11.2 Å². The number of anilines is 3. The summed E-state index contributed by atoms with van der Waals surface area (Å²) in [7, 11) is 0. The summed E-state index contributed by atoms with van der Waals surface area (Å²) < 4.78 is 6.64. The first-order valence-electron chi connectivity index (χ1n) is 21.0. The quantitative estimate of drug-likeness (QED) is 0.160. The van der Waals surface area contributed by atoms with Crippen molar-refractivity contribution in [2.75, 3.05) is 4.90 Å². The molecule has 0 saturated carbocycles. The van der Waals surface area contributed by atoms with Crippen LogP contribution in [0.5, 0.6) is 0 Å². The summed E-state index contributed by atoms with van der Waals surface area (Å²) in [4.78, 5) is 2.49. The van der Waals surface area contributed by atoms with Gasteiger partial charge in [-0.05, 0) is 97.7 Å². The van der Waals surface area contributed by atoms with Gasteiger partial charge in [-0.2, -0.15) is 0 Å². The zero-order valence-corrected chi connectivity index (χ0v) is 33.4. The Morgan fingerprint density at radius 3 is 1.64 bits per heavy atom. The number of para-hydroxylation sites is 1. The van der Waals surface area contributed by atoms with Crippen molar-refractivity contribution in [3.8, 4) is 33.4 Å². The Balaban J connectivity index is 1.15. The van der Waals surface area contributed by atoms with Gasteiger partial charge in [-0.3, -0.25) is 0 Å². The molecule has 2 heteroatoms. The molecule has 0 radical (unpaired) electrons. The Hall–Kier alpha value is -7.94. The highest BCUT2D eigenvalue weighted by molar-refractivity contribution is 6.17. The van der Waals surface area contributed by atoms with Crippen molar-refractivity contribution in [2.24, 2.45) is 0 Å². The first kappa shape index (κ1) is 35.0. The minimum Gasteiger partial charge on any atom is -0.456 e. The molecule has 0 N–H and O–H groups in total. The van der Waals surface area contributed by atoms with Crippen LogP contribution in [0.15, 0.2) is 241 Å². The molecule has 61 heavy (non-hydrogen) atoms. The number of hydrogen-bond donors (Lipinski definition) is 0. The van der Waals surface area contributed by atoms with Gasteiger partial charge in [0.05, 0.1) is 16.8 Å². The van der Waals surface area contributed by atoms with E-state index < -0.39 is 5.41 Å². The molecule has 11 aromatic rings. The summed E-state index contributed by atoms with van der Waals surface area (Å²) >= 11 is 0. The fraction of sp³-hybridized carbons (Fsp3) is 0.0169. The summed E-state index contributed by atoms with van der Waals surface area (Å²) in [5.74, 6) is 0. The Kier molecular flexibility index (Phi) is 8.11. The molecule has 0 atom stereocenters. The van der Waals surface area contributed by atoms with E-state index in [0.29, 0.717) is 0 Å². The maximum atomic E-state index is 6.64. The third-order valence-electron chi connectivity index (χ3n) is 12.7. The van der Waals surface area contributed by atoms with E-state index in [2.05, 4.69) is 241 Å². The van der Waals surface area contributed by atoms with E-state index in [1.54, 1.807) is 0 Å². The number of rotatable bonds is 7. The second-order valence-electron chi connectivity index (χ2n) is 16.0. The lowest BCUT2D eigenvalue weighted by molar-refractivity contribution is 0.669. The van der Waals surface area contributed by atoms with E-state index in [9.17, 15) is 0 Å². The second-order valence-corrected chi connectivity index (χ2v) is 16.0. The number of nitrogens with zero attached hydrogens (tertiary/aromatic N) is 1. The van der Waals surface area contributed by atoms with Gasteiger partial charge in [0.15, 0.2) is 0 Å². The third kappa shape index (κ3) is 5.43. The van der Waals surface area contributed by atoms with Gasteiger partial charge in [0.25, 0.3) is 0 Å². The van der Waals surface area contributed by atoms with E-state index in [0.717, 1.165) is 50.1 Å². The summed E-state index contributed by atoms with van der Waals surface area (Å²) in [6.07, 6.45) is 0. The predicted molar refractivity (Wildman–Crippen MR) is 254 cm³/mol. The summed E-state index contributed by atoms with van der Waals surface area (Å²) in [5, 5.41) is 4.59. The maximum Gasteiger partial charge on any atom is 0.136 e. The molecule has 12 rings (SSSR count). The van der Waals surface area contributed by atoms with Crippen LogP contribution in [-0.2, 0) is 5.41 Å². The van der Waals surface area contributed by atoms with Crippen LogP contribution >= 0.6 is 0 Å². The average molecular weight is 778 g/mol. The van der Waals surface area contributed by atoms with Gasteiger partial charge in [-0.1, -0.05) is 194 Å². The molecule has 0 amide bonds. The Morgan fingerprint density at radius 2 is 0.902 bits per heavy atom. The van der Waals surface area contributed by atoms with Gasteiger partial charge in [0.2, 0.25) is 0 Å². The summed E-state index contributed by atoms with van der Waals surface area (Å²) in [6, 6.07) is 86.1. The van der Waals surface area contributed by atoms with E-state index in [-0.39, 0.29) is 0 Å². The minimum absolute atomic E-state index is 0.531. The highest BCUT2D eigenvalue weighted by Crippen LogP contribution is 2.60. The van der Waals surface area contributed by atoms with Crippen molar-refractivity contribution in [2.45, 2.75) is 5.41 Å². The molecule has 1 aliphatic carbocycles. The van der Waals surface area contributed by atoms with E-state index in [1.807, 2.05) is 0 Å². The van der Waals surface area contributed by atoms with Crippen LogP contribution in [0.3, 0.4) is 0 Å². The number of fused-ring (bicyclic) bond motifs is 7. The van der Waals surface area contributed by atoms with Gasteiger partial charge in [-0.15, -0.1) is 0 Å². The molecular weight excluding hydrogens is 739 g/mol. The minimum atomic E-state index is -0.531. The molecule has 1 heterocycles. The Morgan fingerprint density at radius 1 is 0.361 bits per heavy atom. The first-order chi connectivity index (χ1) is 30.3. The predicted octanol–water partition coefficient (Wildman–Crippen LogP) is 15.9. The highest BCUT2D eigenvalue weighted by Gasteiger charge is 2.47. The molecule has 0 fully saturated rings. The van der Waals surface area contributed by atoms with Crippen molar-refractivity contribution in [3.63, 3.8) is 0 Å². The fourth-order valence-electron chi connectivity index (χ4n) is 10.1. The number of hydrogen-bond acceptors (Lipinski definition) is 2. The van der Waals surface area contributed by atoms with Crippen LogP contribution in [0.25, 0.3) is 66.1 Å². The lowest BCUT2D eigenvalue weighted by atomic mass is 9.68. The van der Waals surface area contributed by atoms with Crippen molar-refractivity contribution < 1.29 is 4.42 Å². The normalized spacial score (nSPS) is 12.7. The molecular formula is C59H39NO. The number of benzene rings is 10. The highest BCUT2D eigenvalue weighted by atomic mass is 16.3. The SMILES string of the molecule is c1ccc(-c2ccc(N(c3ccccc3-c3cccc4oc5cc6ccccc6cc5c34)c3cccc4c3-c3ccccc3C4(c3ccccc3)c3ccccc3)cc2)cc1. The monoisotopic (exact) mass is 777 g/mol. The van der Waals surface area contributed by atoms with Gasteiger partial charge >= 0.3 is 0 Å². The topological polar surface area (TPSA) is 16.4 Å². The number of furan rings is 1. The molecule has 1 aromatic heterocycles. The van der Waals surface area contributed by atoms with E-state index in [4.69, 9.17) is 4.42 Å². The molecule has 0 spiro atoms. The smallest absolute Gasteiger partial charge is 0.136 e.